The van der Waals surface area contributed by atoms with Crippen molar-refractivity contribution in [3.05, 3.63) is 0 Å². The topological polar surface area (TPSA) is 58.2 Å². The zero-order chi connectivity index (χ0) is 14.2. The third kappa shape index (κ3) is 6.23. The summed E-state index contributed by atoms with van der Waals surface area (Å²) in [4.78, 5) is 0. The molecule has 4 nitrogen and oxygen atoms in total. The SMILES string of the molecule is CCNCCCCS(=O)(=O)NCC1(CC)CCCC1. The van der Waals surface area contributed by atoms with E-state index in [4.69, 9.17) is 0 Å². The maximum atomic E-state index is 11.9. The van der Waals surface area contributed by atoms with E-state index in [1.165, 1.54) is 25.7 Å². The fourth-order valence-electron chi connectivity index (χ4n) is 2.83. The molecule has 0 aromatic carbocycles. The van der Waals surface area contributed by atoms with Crippen molar-refractivity contribution in [2.75, 3.05) is 25.4 Å². The molecule has 0 amide bonds. The highest BCUT2D eigenvalue weighted by molar-refractivity contribution is 7.89. The van der Waals surface area contributed by atoms with Gasteiger partial charge in [-0.25, -0.2) is 13.1 Å². The average Bonchev–Trinajstić information content (AvgIpc) is 2.86. The molecule has 114 valence electrons. The first-order chi connectivity index (χ1) is 9.04. The van der Waals surface area contributed by atoms with E-state index in [1.54, 1.807) is 0 Å². The summed E-state index contributed by atoms with van der Waals surface area (Å²) in [6.45, 7) is 6.73. The van der Waals surface area contributed by atoms with Crippen molar-refractivity contribution in [2.45, 2.75) is 58.8 Å². The number of sulfonamides is 1. The van der Waals surface area contributed by atoms with Crippen molar-refractivity contribution in [3.8, 4) is 0 Å². The molecule has 0 atom stereocenters. The van der Waals surface area contributed by atoms with Crippen LogP contribution in [0.2, 0.25) is 0 Å². The van der Waals surface area contributed by atoms with Crippen LogP contribution in [0.1, 0.15) is 58.8 Å². The van der Waals surface area contributed by atoms with Crippen LogP contribution in [0, 0.1) is 5.41 Å². The van der Waals surface area contributed by atoms with Crippen LogP contribution in [-0.4, -0.2) is 33.8 Å². The standard InChI is InChI=1S/C14H30N2O2S/c1-3-14(9-5-6-10-14)13-16-19(17,18)12-8-7-11-15-4-2/h15-16H,3-13H2,1-2H3. The Labute approximate surface area is 118 Å². The molecular weight excluding hydrogens is 260 g/mol. The third-order valence-electron chi connectivity index (χ3n) is 4.35. The number of rotatable bonds is 10. The fraction of sp³-hybridized carbons (Fsp3) is 1.00. The molecule has 19 heavy (non-hydrogen) atoms. The Hall–Kier alpha value is -0.130. The first-order valence-corrected chi connectivity index (χ1v) is 9.37. The van der Waals surface area contributed by atoms with Gasteiger partial charge in [-0.15, -0.1) is 0 Å². The van der Waals surface area contributed by atoms with Gasteiger partial charge in [-0.2, -0.15) is 0 Å². The second-order valence-electron chi connectivity index (χ2n) is 5.76. The molecule has 0 aromatic heterocycles. The molecule has 1 aliphatic carbocycles. The van der Waals surface area contributed by atoms with Gasteiger partial charge in [0, 0.05) is 6.54 Å². The van der Waals surface area contributed by atoms with Crippen LogP contribution < -0.4 is 10.0 Å². The Bertz CT molecular complexity index is 335. The molecular formula is C14H30N2O2S. The smallest absolute Gasteiger partial charge is 0.211 e. The molecule has 1 rings (SSSR count). The number of unbranched alkanes of at least 4 members (excludes halogenated alkanes) is 1. The Balaban J connectivity index is 2.26. The van der Waals surface area contributed by atoms with Crippen LogP contribution in [0.5, 0.6) is 0 Å². The average molecular weight is 290 g/mol. The summed E-state index contributed by atoms with van der Waals surface area (Å²) < 4.78 is 26.7. The van der Waals surface area contributed by atoms with Crippen LogP contribution in [0.3, 0.4) is 0 Å². The summed E-state index contributed by atoms with van der Waals surface area (Å²) in [6, 6.07) is 0. The lowest BCUT2D eigenvalue weighted by Crippen LogP contribution is -2.36. The van der Waals surface area contributed by atoms with Crippen molar-refractivity contribution < 1.29 is 8.42 Å². The van der Waals surface area contributed by atoms with E-state index in [2.05, 4.69) is 23.9 Å². The van der Waals surface area contributed by atoms with Gasteiger partial charge in [0.2, 0.25) is 10.0 Å². The Morgan fingerprint density at radius 1 is 1.11 bits per heavy atom. The Morgan fingerprint density at radius 2 is 1.79 bits per heavy atom. The zero-order valence-corrected chi connectivity index (χ0v) is 13.3. The summed E-state index contributed by atoms with van der Waals surface area (Å²) in [6.07, 6.45) is 7.58. The zero-order valence-electron chi connectivity index (χ0n) is 12.5. The highest BCUT2D eigenvalue weighted by Crippen LogP contribution is 2.40. The molecule has 0 radical (unpaired) electrons. The lowest BCUT2D eigenvalue weighted by molar-refractivity contribution is 0.285. The van der Waals surface area contributed by atoms with Gasteiger partial charge in [0.25, 0.3) is 0 Å². The Kier molecular flexibility index (Phi) is 7.32. The molecule has 5 heteroatoms. The maximum absolute atomic E-state index is 11.9. The third-order valence-corrected chi connectivity index (χ3v) is 5.76. The second kappa shape index (κ2) is 8.22. The summed E-state index contributed by atoms with van der Waals surface area (Å²) >= 11 is 0. The quantitative estimate of drug-likeness (QED) is 0.607. The second-order valence-corrected chi connectivity index (χ2v) is 7.69. The number of hydrogen-bond donors (Lipinski definition) is 2. The van der Waals surface area contributed by atoms with Gasteiger partial charge in [0.05, 0.1) is 5.75 Å². The molecule has 1 aliphatic rings. The van der Waals surface area contributed by atoms with Crippen molar-refractivity contribution in [1.82, 2.24) is 10.0 Å². The number of nitrogens with one attached hydrogen (secondary N) is 2. The van der Waals surface area contributed by atoms with Gasteiger partial charge in [0.1, 0.15) is 0 Å². The molecule has 2 N–H and O–H groups in total. The van der Waals surface area contributed by atoms with Gasteiger partial charge < -0.3 is 5.32 Å². The molecule has 0 aromatic rings. The molecule has 0 saturated heterocycles. The van der Waals surface area contributed by atoms with E-state index >= 15 is 0 Å². The lowest BCUT2D eigenvalue weighted by Gasteiger charge is -2.27. The minimum absolute atomic E-state index is 0.233. The van der Waals surface area contributed by atoms with E-state index in [0.717, 1.165) is 32.4 Å². The van der Waals surface area contributed by atoms with Crippen molar-refractivity contribution >= 4 is 10.0 Å². The fourth-order valence-corrected chi connectivity index (χ4v) is 4.09. The molecule has 0 heterocycles. The molecule has 1 fully saturated rings. The first-order valence-electron chi connectivity index (χ1n) is 7.72. The molecule has 0 unspecified atom stereocenters. The normalized spacial score (nSPS) is 18.8. The van der Waals surface area contributed by atoms with Gasteiger partial charge >= 0.3 is 0 Å². The maximum Gasteiger partial charge on any atom is 0.211 e. The van der Waals surface area contributed by atoms with Crippen LogP contribution in [-0.2, 0) is 10.0 Å². The number of hydrogen-bond acceptors (Lipinski definition) is 3. The van der Waals surface area contributed by atoms with Crippen molar-refractivity contribution in [2.24, 2.45) is 5.41 Å². The van der Waals surface area contributed by atoms with Gasteiger partial charge in [0.15, 0.2) is 0 Å². The van der Waals surface area contributed by atoms with Crippen LogP contribution >= 0.6 is 0 Å². The lowest BCUT2D eigenvalue weighted by atomic mass is 9.84. The van der Waals surface area contributed by atoms with Crippen LogP contribution in [0.25, 0.3) is 0 Å². The van der Waals surface area contributed by atoms with E-state index in [9.17, 15) is 8.42 Å². The summed E-state index contributed by atoms with van der Waals surface area (Å²) in [7, 11) is -3.08. The molecule has 0 spiro atoms. The van der Waals surface area contributed by atoms with Gasteiger partial charge in [-0.05, 0) is 50.6 Å². The molecule has 0 aliphatic heterocycles. The highest BCUT2D eigenvalue weighted by atomic mass is 32.2. The van der Waals surface area contributed by atoms with E-state index in [-0.39, 0.29) is 11.2 Å². The largest absolute Gasteiger partial charge is 0.317 e. The van der Waals surface area contributed by atoms with Gasteiger partial charge in [-0.1, -0.05) is 26.7 Å². The van der Waals surface area contributed by atoms with E-state index in [1.807, 2.05) is 0 Å². The highest BCUT2D eigenvalue weighted by Gasteiger charge is 2.32. The first kappa shape index (κ1) is 16.9. The van der Waals surface area contributed by atoms with Gasteiger partial charge in [-0.3, -0.25) is 0 Å². The van der Waals surface area contributed by atoms with Crippen molar-refractivity contribution in [1.29, 1.82) is 0 Å². The predicted molar refractivity (Wildman–Crippen MR) is 80.8 cm³/mol. The summed E-state index contributed by atoms with van der Waals surface area (Å²) in [5.74, 6) is 0.262. The van der Waals surface area contributed by atoms with E-state index < -0.39 is 10.0 Å². The van der Waals surface area contributed by atoms with E-state index in [0.29, 0.717) is 6.54 Å². The minimum Gasteiger partial charge on any atom is -0.317 e. The minimum atomic E-state index is -3.08. The molecule has 0 bridgehead atoms. The Morgan fingerprint density at radius 3 is 2.37 bits per heavy atom. The van der Waals surface area contributed by atoms with Crippen LogP contribution in [0.4, 0.5) is 0 Å². The monoisotopic (exact) mass is 290 g/mol. The van der Waals surface area contributed by atoms with Crippen molar-refractivity contribution in [3.63, 3.8) is 0 Å². The summed E-state index contributed by atoms with van der Waals surface area (Å²) in [5, 5.41) is 3.21. The predicted octanol–water partition coefficient (Wildman–Crippen LogP) is 2.27. The molecule has 1 saturated carbocycles. The summed E-state index contributed by atoms with van der Waals surface area (Å²) in [5.41, 5.74) is 0.233. The van der Waals surface area contributed by atoms with Crippen LogP contribution in [0.15, 0.2) is 0 Å².